The molecule has 0 aliphatic rings. The summed E-state index contributed by atoms with van der Waals surface area (Å²) in [7, 11) is 1.70. The van der Waals surface area contributed by atoms with Gasteiger partial charge in [-0.1, -0.05) is 0 Å². The first-order valence-electron chi connectivity index (χ1n) is 6.12. The summed E-state index contributed by atoms with van der Waals surface area (Å²) in [5.74, 6) is 0.00373. The number of nitrogens with zero attached hydrogens (tertiary/aromatic N) is 5. The summed E-state index contributed by atoms with van der Waals surface area (Å²) in [4.78, 5) is 18.7. The molecule has 0 unspecified atom stereocenters. The smallest absolute Gasteiger partial charge is 0.311 e. The van der Waals surface area contributed by atoms with Crippen molar-refractivity contribution < 1.29 is 9.21 Å². The Morgan fingerprint density at radius 1 is 1.38 bits per heavy atom. The van der Waals surface area contributed by atoms with E-state index in [-0.39, 0.29) is 11.8 Å². The van der Waals surface area contributed by atoms with Crippen molar-refractivity contribution in [3.8, 4) is 10.8 Å². The van der Waals surface area contributed by atoms with E-state index >= 15 is 0 Å². The van der Waals surface area contributed by atoms with Crippen LogP contribution in [0.1, 0.15) is 15.7 Å². The Labute approximate surface area is 128 Å². The molecule has 3 aromatic heterocycles. The van der Waals surface area contributed by atoms with Gasteiger partial charge in [0.2, 0.25) is 0 Å². The minimum Gasteiger partial charge on any atom is -0.411 e. The highest BCUT2D eigenvalue weighted by molar-refractivity contribution is 7.09. The number of likely N-dealkylation sites (N-methyl/N-ethyl adjacent to an activating group) is 1. The highest BCUT2D eigenvalue weighted by Crippen LogP contribution is 2.21. The van der Waals surface area contributed by atoms with Crippen LogP contribution >= 0.6 is 22.9 Å². The standard InChI is InChI=1S/C12H11N5O2S2/c1-17(6-3-9-13-5-7-20-9)12(18)11-16-15-10(19-11)8-2-4-14-21-8/h2,4-5,7H,3,6H2,1H3. The maximum absolute atomic E-state index is 12.2. The fourth-order valence-electron chi connectivity index (χ4n) is 1.64. The maximum Gasteiger partial charge on any atom is 0.311 e. The van der Waals surface area contributed by atoms with Crippen LogP contribution in [0, 0.1) is 0 Å². The van der Waals surface area contributed by atoms with Crippen LogP contribution in [-0.2, 0) is 6.42 Å². The number of amides is 1. The molecule has 0 radical (unpaired) electrons. The van der Waals surface area contributed by atoms with E-state index in [9.17, 15) is 4.79 Å². The van der Waals surface area contributed by atoms with Gasteiger partial charge >= 0.3 is 11.8 Å². The molecular formula is C12H11N5O2S2. The number of aromatic nitrogens is 4. The van der Waals surface area contributed by atoms with Gasteiger partial charge in [0.15, 0.2) is 0 Å². The Morgan fingerprint density at radius 2 is 2.29 bits per heavy atom. The normalized spacial score (nSPS) is 10.7. The van der Waals surface area contributed by atoms with E-state index < -0.39 is 0 Å². The molecule has 7 nitrogen and oxygen atoms in total. The molecule has 0 N–H and O–H groups in total. The number of carbonyl (C=O) groups excluding carboxylic acids is 1. The molecule has 0 spiro atoms. The number of hydrogen-bond acceptors (Lipinski definition) is 8. The molecule has 0 aromatic carbocycles. The van der Waals surface area contributed by atoms with Gasteiger partial charge in [0.05, 0.1) is 5.01 Å². The lowest BCUT2D eigenvalue weighted by atomic mass is 10.4. The van der Waals surface area contributed by atoms with E-state index in [1.807, 2.05) is 5.38 Å². The summed E-state index contributed by atoms with van der Waals surface area (Å²) in [6, 6.07) is 1.76. The predicted octanol–water partition coefficient (Wildman–Crippen LogP) is 1.96. The molecule has 1 amide bonds. The van der Waals surface area contributed by atoms with Gasteiger partial charge in [-0.3, -0.25) is 4.79 Å². The van der Waals surface area contributed by atoms with Crippen LogP contribution in [-0.4, -0.2) is 44.0 Å². The lowest BCUT2D eigenvalue weighted by molar-refractivity contribution is 0.0758. The summed E-state index contributed by atoms with van der Waals surface area (Å²) in [5.41, 5.74) is 0. The van der Waals surface area contributed by atoms with Crippen molar-refractivity contribution in [2.75, 3.05) is 13.6 Å². The van der Waals surface area contributed by atoms with Gasteiger partial charge in [-0.15, -0.1) is 21.5 Å². The van der Waals surface area contributed by atoms with Crippen LogP contribution in [0.3, 0.4) is 0 Å². The Bertz CT molecular complexity index is 708. The highest BCUT2D eigenvalue weighted by Gasteiger charge is 2.20. The Morgan fingerprint density at radius 3 is 3.00 bits per heavy atom. The van der Waals surface area contributed by atoms with Gasteiger partial charge in [-0.25, -0.2) is 9.36 Å². The van der Waals surface area contributed by atoms with Gasteiger partial charge in [-0.2, -0.15) is 0 Å². The number of thiazole rings is 1. The Hall–Kier alpha value is -2.13. The Kier molecular flexibility index (Phi) is 4.02. The molecule has 0 saturated heterocycles. The van der Waals surface area contributed by atoms with Crippen molar-refractivity contribution in [3.63, 3.8) is 0 Å². The summed E-state index contributed by atoms with van der Waals surface area (Å²) in [6.45, 7) is 0.546. The van der Waals surface area contributed by atoms with Gasteiger partial charge in [0.1, 0.15) is 4.88 Å². The van der Waals surface area contributed by atoms with Crippen molar-refractivity contribution in [2.24, 2.45) is 0 Å². The lowest BCUT2D eigenvalue weighted by Gasteiger charge is -2.13. The number of rotatable bonds is 5. The van der Waals surface area contributed by atoms with E-state index in [4.69, 9.17) is 4.42 Å². The van der Waals surface area contributed by atoms with Gasteiger partial charge in [0, 0.05) is 37.8 Å². The monoisotopic (exact) mass is 321 g/mol. The first-order valence-corrected chi connectivity index (χ1v) is 7.78. The predicted molar refractivity (Wildman–Crippen MR) is 78.2 cm³/mol. The van der Waals surface area contributed by atoms with Crippen LogP contribution in [0.2, 0.25) is 0 Å². The van der Waals surface area contributed by atoms with Crippen molar-refractivity contribution in [1.82, 2.24) is 24.5 Å². The summed E-state index contributed by atoms with van der Waals surface area (Å²) >= 11 is 2.81. The first-order chi connectivity index (χ1) is 10.2. The van der Waals surface area contributed by atoms with Crippen LogP contribution in [0.5, 0.6) is 0 Å². The molecule has 3 rings (SSSR count). The molecule has 0 atom stereocenters. The van der Waals surface area contributed by atoms with Crippen LogP contribution in [0.4, 0.5) is 0 Å². The third-order valence-corrected chi connectivity index (χ3v) is 4.32. The van der Waals surface area contributed by atoms with Crippen LogP contribution in [0.15, 0.2) is 28.3 Å². The van der Waals surface area contributed by atoms with E-state index in [1.165, 1.54) is 11.5 Å². The molecule has 0 bridgehead atoms. The van der Waals surface area contributed by atoms with Gasteiger partial charge in [0.25, 0.3) is 5.89 Å². The Balaban J connectivity index is 1.64. The van der Waals surface area contributed by atoms with Crippen LogP contribution in [0.25, 0.3) is 10.8 Å². The van der Waals surface area contributed by atoms with Crippen molar-refractivity contribution in [3.05, 3.63) is 34.7 Å². The zero-order valence-electron chi connectivity index (χ0n) is 11.1. The quantitative estimate of drug-likeness (QED) is 0.714. The van der Waals surface area contributed by atoms with Crippen molar-refractivity contribution in [1.29, 1.82) is 0 Å². The highest BCUT2D eigenvalue weighted by atomic mass is 32.1. The topological polar surface area (TPSA) is 85.0 Å². The van der Waals surface area contributed by atoms with E-state index in [1.54, 1.807) is 41.7 Å². The van der Waals surface area contributed by atoms with Crippen LogP contribution < -0.4 is 0 Å². The number of hydrogen-bond donors (Lipinski definition) is 0. The molecule has 3 aromatic rings. The molecule has 0 aliphatic heterocycles. The van der Waals surface area contributed by atoms with Gasteiger partial charge in [-0.05, 0) is 17.6 Å². The summed E-state index contributed by atoms with van der Waals surface area (Å²) in [5, 5.41) is 10.6. The maximum atomic E-state index is 12.2. The minimum atomic E-state index is -0.296. The third-order valence-electron chi connectivity index (χ3n) is 2.75. The summed E-state index contributed by atoms with van der Waals surface area (Å²) in [6.07, 6.45) is 4.10. The molecule has 9 heteroatoms. The fourth-order valence-corrected chi connectivity index (χ4v) is 2.77. The lowest BCUT2D eigenvalue weighted by Crippen LogP contribution is -2.29. The molecule has 108 valence electrons. The second-order valence-electron chi connectivity index (χ2n) is 4.19. The minimum absolute atomic E-state index is 0.0139. The molecular weight excluding hydrogens is 310 g/mol. The average molecular weight is 321 g/mol. The fraction of sp³-hybridized carbons (Fsp3) is 0.250. The molecule has 0 fully saturated rings. The molecule has 0 aliphatic carbocycles. The molecule has 3 heterocycles. The number of carbonyl (C=O) groups is 1. The molecule has 0 saturated carbocycles. The van der Waals surface area contributed by atoms with E-state index in [0.717, 1.165) is 9.88 Å². The van der Waals surface area contributed by atoms with E-state index in [2.05, 4.69) is 19.6 Å². The SMILES string of the molecule is CN(CCc1nccs1)C(=O)c1nnc(-c2ccns2)o1. The third kappa shape index (κ3) is 3.14. The zero-order chi connectivity index (χ0) is 14.7. The zero-order valence-corrected chi connectivity index (χ0v) is 12.7. The van der Waals surface area contributed by atoms with Crippen molar-refractivity contribution >= 4 is 28.8 Å². The second kappa shape index (κ2) is 6.10. The van der Waals surface area contributed by atoms with E-state index in [0.29, 0.717) is 18.9 Å². The van der Waals surface area contributed by atoms with Crippen molar-refractivity contribution in [2.45, 2.75) is 6.42 Å². The average Bonchev–Trinajstić information content (AvgIpc) is 3.25. The van der Waals surface area contributed by atoms with Gasteiger partial charge < -0.3 is 9.32 Å². The summed E-state index contributed by atoms with van der Waals surface area (Å²) < 4.78 is 9.35. The second-order valence-corrected chi connectivity index (χ2v) is 6.00. The largest absolute Gasteiger partial charge is 0.411 e. The molecule has 21 heavy (non-hydrogen) atoms. The first kappa shape index (κ1) is 13.8.